The van der Waals surface area contributed by atoms with E-state index in [1.807, 2.05) is 12.1 Å². The minimum atomic E-state index is -0.965. The van der Waals surface area contributed by atoms with Gasteiger partial charge in [-0.15, -0.1) is 0 Å². The highest BCUT2D eigenvalue weighted by atomic mass is 35.5. The lowest BCUT2D eigenvalue weighted by molar-refractivity contribution is -0.136. The zero-order chi connectivity index (χ0) is 31.0. The van der Waals surface area contributed by atoms with Crippen molar-refractivity contribution in [2.75, 3.05) is 11.9 Å². The fraction of sp³-hybridized carbons (Fsp3) is 0.152. The van der Waals surface area contributed by atoms with Crippen molar-refractivity contribution in [2.24, 2.45) is 0 Å². The van der Waals surface area contributed by atoms with E-state index in [2.05, 4.69) is 20.4 Å². The second kappa shape index (κ2) is 11.8. The molecule has 0 unspecified atom stereocenters. The molecule has 1 aliphatic heterocycles. The summed E-state index contributed by atoms with van der Waals surface area (Å²) in [6, 6.07) is 16.0. The van der Waals surface area contributed by atoms with Crippen LogP contribution in [0.25, 0.3) is 33.2 Å². The van der Waals surface area contributed by atoms with Crippen molar-refractivity contribution in [3.05, 3.63) is 108 Å². The zero-order valence-corrected chi connectivity index (χ0v) is 24.5. The number of hydrogen-bond acceptors (Lipinski definition) is 6. The number of amides is 2. The number of halogens is 2. The second-order valence-corrected chi connectivity index (χ2v) is 10.8. The third-order valence-corrected chi connectivity index (χ3v) is 7.78. The fourth-order valence-electron chi connectivity index (χ4n) is 5.23. The Morgan fingerprint density at radius 3 is 2.50 bits per heavy atom. The third-order valence-electron chi connectivity index (χ3n) is 7.45. The van der Waals surface area contributed by atoms with Crippen molar-refractivity contribution >= 4 is 45.8 Å². The number of aryl methyl sites for hydroxylation is 1. The van der Waals surface area contributed by atoms with Crippen molar-refractivity contribution in [3.8, 4) is 22.3 Å². The van der Waals surface area contributed by atoms with Crippen LogP contribution < -0.4 is 5.32 Å². The molecular formula is C33H26ClFN6O3. The van der Waals surface area contributed by atoms with Gasteiger partial charge in [-0.3, -0.25) is 19.1 Å². The minimum Gasteiger partial charge on any atom is -0.322 e. The molecule has 1 N–H and O–H groups in total. The van der Waals surface area contributed by atoms with E-state index in [-0.39, 0.29) is 35.8 Å². The van der Waals surface area contributed by atoms with Gasteiger partial charge in [0, 0.05) is 53.0 Å². The van der Waals surface area contributed by atoms with Crippen LogP contribution in [0.4, 0.5) is 10.1 Å². The predicted molar refractivity (Wildman–Crippen MR) is 166 cm³/mol. The number of benzene rings is 3. The maximum absolute atomic E-state index is 15.5. The summed E-state index contributed by atoms with van der Waals surface area (Å²) in [5.74, 6) is -1.20. The lowest BCUT2D eigenvalue weighted by Gasteiger charge is -2.24. The standard InChI is InChI=1S/C33H26ClFN6O3/c1-19(42)32-25-15-21(22-16-36-20(2)37-17-22)12-13-28(25)41(39-32)18-30(43)40-14-6-11-29(40)33(44)38-27-10-5-8-24(31(27)35)23-7-3-4-9-26(23)34/h3-13,15-17,29H,14,18H2,1-2H3,(H,38,44)/t29-/m0/s1. The molecule has 0 saturated carbocycles. The summed E-state index contributed by atoms with van der Waals surface area (Å²) < 4.78 is 16.9. The molecular weight excluding hydrogens is 583 g/mol. The summed E-state index contributed by atoms with van der Waals surface area (Å²) in [6.07, 6.45) is 6.71. The number of anilines is 1. The molecule has 44 heavy (non-hydrogen) atoms. The molecule has 0 fully saturated rings. The first-order valence-corrected chi connectivity index (χ1v) is 14.2. The van der Waals surface area contributed by atoms with Gasteiger partial charge in [-0.05, 0) is 36.8 Å². The summed E-state index contributed by atoms with van der Waals surface area (Å²) in [5, 5.41) is 8.04. The lowest BCUT2D eigenvalue weighted by Crippen LogP contribution is -2.45. The van der Waals surface area contributed by atoms with E-state index in [4.69, 9.17) is 11.6 Å². The highest BCUT2D eigenvalue weighted by molar-refractivity contribution is 6.33. The number of hydrogen-bond donors (Lipinski definition) is 1. The van der Waals surface area contributed by atoms with Crippen LogP contribution in [-0.2, 0) is 16.1 Å². The normalized spacial score (nSPS) is 14.3. The first-order chi connectivity index (χ1) is 21.2. The van der Waals surface area contributed by atoms with E-state index in [9.17, 15) is 14.4 Å². The maximum Gasteiger partial charge on any atom is 0.251 e. The maximum atomic E-state index is 15.5. The Morgan fingerprint density at radius 2 is 1.75 bits per heavy atom. The number of rotatable bonds is 7. The van der Waals surface area contributed by atoms with Gasteiger partial charge in [0.25, 0.3) is 5.91 Å². The van der Waals surface area contributed by atoms with Crippen LogP contribution >= 0.6 is 11.6 Å². The molecule has 5 aromatic rings. The molecule has 2 aromatic heterocycles. The molecule has 220 valence electrons. The van der Waals surface area contributed by atoms with E-state index in [0.29, 0.717) is 27.3 Å². The average Bonchev–Trinajstić information content (AvgIpc) is 3.65. The van der Waals surface area contributed by atoms with Crippen LogP contribution in [0.5, 0.6) is 0 Å². The molecule has 3 aromatic carbocycles. The van der Waals surface area contributed by atoms with Gasteiger partial charge >= 0.3 is 0 Å². The topological polar surface area (TPSA) is 110 Å². The van der Waals surface area contributed by atoms with Crippen molar-refractivity contribution in [2.45, 2.75) is 26.4 Å². The Hall–Kier alpha value is -5.22. The van der Waals surface area contributed by atoms with Gasteiger partial charge in [0.2, 0.25) is 5.91 Å². The highest BCUT2D eigenvalue weighted by Gasteiger charge is 2.32. The SMILES string of the molecule is CC(=O)c1nn(CC(=O)N2CC=C[C@H]2C(=O)Nc2cccc(-c3ccccc3Cl)c2F)c2ccc(-c3cnc(C)nc3)cc12. The summed E-state index contributed by atoms with van der Waals surface area (Å²) in [7, 11) is 0. The minimum absolute atomic E-state index is 0.0286. The number of nitrogens with one attached hydrogen (secondary N) is 1. The van der Waals surface area contributed by atoms with Gasteiger partial charge in [-0.25, -0.2) is 14.4 Å². The molecule has 0 radical (unpaired) electrons. The second-order valence-electron chi connectivity index (χ2n) is 10.4. The van der Waals surface area contributed by atoms with E-state index < -0.39 is 23.7 Å². The number of carbonyl (C=O) groups excluding carboxylic acids is 3. The number of nitrogens with zero attached hydrogens (tertiary/aromatic N) is 5. The Kier molecular flexibility index (Phi) is 7.75. The van der Waals surface area contributed by atoms with Crippen LogP contribution in [0.1, 0.15) is 23.2 Å². The van der Waals surface area contributed by atoms with Crippen LogP contribution in [0.3, 0.4) is 0 Å². The Bertz CT molecular complexity index is 1970. The van der Waals surface area contributed by atoms with Crippen molar-refractivity contribution < 1.29 is 18.8 Å². The van der Waals surface area contributed by atoms with Gasteiger partial charge in [0.15, 0.2) is 11.6 Å². The molecule has 2 amide bonds. The Morgan fingerprint density at radius 1 is 1.00 bits per heavy atom. The number of ketones is 1. The average molecular weight is 609 g/mol. The van der Waals surface area contributed by atoms with Crippen molar-refractivity contribution in [1.29, 1.82) is 0 Å². The smallest absolute Gasteiger partial charge is 0.251 e. The van der Waals surface area contributed by atoms with Crippen molar-refractivity contribution in [1.82, 2.24) is 24.6 Å². The number of aromatic nitrogens is 4. The molecule has 0 spiro atoms. The van der Waals surface area contributed by atoms with Gasteiger partial charge in [0.05, 0.1) is 11.2 Å². The number of Topliss-reactive ketones (excluding diaryl/α,β-unsaturated/α-hetero) is 1. The van der Waals surface area contributed by atoms with Gasteiger partial charge in [0.1, 0.15) is 24.1 Å². The molecule has 6 rings (SSSR count). The monoisotopic (exact) mass is 608 g/mol. The molecule has 1 atom stereocenters. The number of carbonyl (C=O) groups is 3. The zero-order valence-electron chi connectivity index (χ0n) is 23.8. The third kappa shape index (κ3) is 5.47. The summed E-state index contributed by atoms with van der Waals surface area (Å²) in [6.45, 7) is 3.19. The number of fused-ring (bicyclic) bond motifs is 1. The Balaban J connectivity index is 1.23. The predicted octanol–water partition coefficient (Wildman–Crippen LogP) is 5.87. The van der Waals surface area contributed by atoms with Crippen LogP contribution in [0.2, 0.25) is 5.02 Å². The quantitative estimate of drug-likeness (QED) is 0.183. The highest BCUT2D eigenvalue weighted by Crippen LogP contribution is 2.33. The first-order valence-electron chi connectivity index (χ1n) is 13.8. The van der Waals surface area contributed by atoms with E-state index >= 15 is 4.39 Å². The first kappa shape index (κ1) is 28.9. The van der Waals surface area contributed by atoms with Crippen LogP contribution in [-0.4, -0.2) is 54.8 Å². The molecule has 0 saturated heterocycles. The van der Waals surface area contributed by atoms with Crippen LogP contribution in [0, 0.1) is 12.7 Å². The molecule has 0 bridgehead atoms. The molecule has 9 nitrogen and oxygen atoms in total. The fourth-order valence-corrected chi connectivity index (χ4v) is 5.47. The summed E-state index contributed by atoms with van der Waals surface area (Å²) in [4.78, 5) is 49.2. The summed E-state index contributed by atoms with van der Waals surface area (Å²) >= 11 is 6.27. The van der Waals surface area contributed by atoms with Gasteiger partial charge < -0.3 is 10.2 Å². The van der Waals surface area contributed by atoms with Gasteiger partial charge in [-0.2, -0.15) is 5.10 Å². The van der Waals surface area contributed by atoms with E-state index in [0.717, 1.165) is 11.1 Å². The van der Waals surface area contributed by atoms with Crippen molar-refractivity contribution in [3.63, 3.8) is 0 Å². The summed E-state index contributed by atoms with van der Waals surface area (Å²) in [5.41, 5.74) is 3.11. The molecule has 0 aliphatic carbocycles. The van der Waals surface area contributed by atoms with E-state index in [1.165, 1.54) is 22.6 Å². The van der Waals surface area contributed by atoms with Gasteiger partial charge in [-0.1, -0.05) is 60.2 Å². The molecule has 1 aliphatic rings. The molecule has 11 heteroatoms. The lowest BCUT2D eigenvalue weighted by atomic mass is 10.0. The Labute approximate surface area is 257 Å². The van der Waals surface area contributed by atoms with Crippen LogP contribution in [0.15, 0.2) is 85.2 Å². The molecule has 3 heterocycles. The van der Waals surface area contributed by atoms with E-state index in [1.54, 1.807) is 73.9 Å². The largest absolute Gasteiger partial charge is 0.322 e.